The van der Waals surface area contributed by atoms with Crippen LogP contribution in [0.15, 0.2) is 71.6 Å². The number of amides is 1. The van der Waals surface area contributed by atoms with Gasteiger partial charge in [0.15, 0.2) is 0 Å². The standard InChI is InChI=1S/C21H16ClN3O3S/c1-14-4-2-6-18(10-14)25-29(27,28)19-7-3-5-15(12-19)21(26)24-17-8-9-20(22)16(11-17)13-23/h2-12,25H,1H3,(H,24,26). The Kier molecular flexibility index (Phi) is 5.87. The lowest BCUT2D eigenvalue weighted by atomic mass is 10.2. The molecule has 8 heteroatoms. The highest BCUT2D eigenvalue weighted by molar-refractivity contribution is 7.92. The Hall–Kier alpha value is -3.34. The van der Waals surface area contributed by atoms with Gasteiger partial charge in [-0.2, -0.15) is 5.26 Å². The number of nitrogens with one attached hydrogen (secondary N) is 2. The maximum atomic E-state index is 12.7. The van der Waals surface area contributed by atoms with E-state index >= 15 is 0 Å². The maximum absolute atomic E-state index is 12.7. The number of rotatable bonds is 5. The molecule has 0 aliphatic carbocycles. The molecular weight excluding hydrogens is 410 g/mol. The second-order valence-electron chi connectivity index (χ2n) is 6.26. The SMILES string of the molecule is Cc1cccc(NS(=O)(=O)c2cccc(C(=O)Nc3ccc(Cl)c(C#N)c3)c2)c1. The van der Waals surface area contributed by atoms with Crippen molar-refractivity contribution in [2.75, 3.05) is 10.0 Å². The Labute approximate surface area is 173 Å². The molecule has 0 atom stereocenters. The quantitative estimate of drug-likeness (QED) is 0.625. The van der Waals surface area contributed by atoms with Crippen LogP contribution in [0.2, 0.25) is 5.02 Å². The summed E-state index contributed by atoms with van der Waals surface area (Å²) in [6, 6.07) is 19.1. The van der Waals surface area contributed by atoms with E-state index in [1.54, 1.807) is 24.3 Å². The molecule has 0 saturated carbocycles. The first-order valence-corrected chi connectivity index (χ1v) is 10.4. The molecule has 29 heavy (non-hydrogen) atoms. The van der Waals surface area contributed by atoms with Gasteiger partial charge >= 0.3 is 0 Å². The van der Waals surface area contributed by atoms with Gasteiger partial charge in [0.2, 0.25) is 0 Å². The maximum Gasteiger partial charge on any atom is 0.261 e. The van der Waals surface area contributed by atoms with Gasteiger partial charge in [-0.15, -0.1) is 0 Å². The number of benzene rings is 3. The molecule has 3 aromatic rings. The van der Waals surface area contributed by atoms with Crippen molar-refractivity contribution < 1.29 is 13.2 Å². The third-order valence-corrected chi connectivity index (χ3v) is 5.73. The largest absolute Gasteiger partial charge is 0.322 e. The average Bonchev–Trinajstić information content (AvgIpc) is 2.69. The van der Waals surface area contributed by atoms with E-state index < -0.39 is 15.9 Å². The van der Waals surface area contributed by atoms with Gasteiger partial charge < -0.3 is 5.32 Å². The van der Waals surface area contributed by atoms with Gasteiger partial charge in [-0.25, -0.2) is 8.42 Å². The zero-order chi connectivity index (χ0) is 21.0. The van der Waals surface area contributed by atoms with Gasteiger partial charge in [-0.3, -0.25) is 9.52 Å². The van der Waals surface area contributed by atoms with Crippen LogP contribution in [-0.2, 0) is 10.0 Å². The van der Waals surface area contributed by atoms with Gasteiger partial charge in [0.1, 0.15) is 6.07 Å². The Morgan fingerprint density at radius 3 is 2.48 bits per heavy atom. The molecule has 2 N–H and O–H groups in total. The lowest BCUT2D eigenvalue weighted by molar-refractivity contribution is 0.102. The van der Waals surface area contributed by atoms with Gasteiger partial charge in [0, 0.05) is 16.9 Å². The van der Waals surface area contributed by atoms with Gasteiger partial charge in [0.25, 0.3) is 15.9 Å². The second kappa shape index (κ2) is 8.35. The topological polar surface area (TPSA) is 99.1 Å². The van der Waals surface area contributed by atoms with E-state index in [1.165, 1.54) is 36.4 Å². The van der Waals surface area contributed by atoms with Crippen LogP contribution in [0.5, 0.6) is 0 Å². The van der Waals surface area contributed by atoms with Crippen molar-refractivity contribution in [3.8, 4) is 6.07 Å². The summed E-state index contributed by atoms with van der Waals surface area (Å²) in [6.07, 6.45) is 0. The molecule has 0 unspecified atom stereocenters. The molecule has 0 bridgehead atoms. The highest BCUT2D eigenvalue weighted by atomic mass is 35.5. The first-order chi connectivity index (χ1) is 13.8. The zero-order valence-electron chi connectivity index (χ0n) is 15.3. The lowest BCUT2D eigenvalue weighted by Gasteiger charge is -2.10. The molecule has 1 amide bonds. The van der Waals surface area contributed by atoms with Crippen LogP contribution >= 0.6 is 11.6 Å². The molecule has 6 nitrogen and oxygen atoms in total. The van der Waals surface area contributed by atoms with E-state index in [9.17, 15) is 13.2 Å². The van der Waals surface area contributed by atoms with Gasteiger partial charge in [-0.1, -0.05) is 29.8 Å². The molecule has 3 aromatic carbocycles. The van der Waals surface area contributed by atoms with Crippen LogP contribution in [0.1, 0.15) is 21.5 Å². The van der Waals surface area contributed by atoms with Gasteiger partial charge in [0.05, 0.1) is 15.5 Å². The van der Waals surface area contributed by atoms with Crippen LogP contribution < -0.4 is 10.0 Å². The summed E-state index contributed by atoms with van der Waals surface area (Å²) in [7, 11) is -3.87. The fraction of sp³-hybridized carbons (Fsp3) is 0.0476. The van der Waals surface area contributed by atoms with E-state index in [0.29, 0.717) is 11.4 Å². The first-order valence-electron chi connectivity index (χ1n) is 8.49. The smallest absolute Gasteiger partial charge is 0.261 e. The summed E-state index contributed by atoms with van der Waals surface area (Å²) in [5.41, 5.74) is 2.11. The Morgan fingerprint density at radius 1 is 1.00 bits per heavy atom. The minimum absolute atomic E-state index is 0.0412. The molecular formula is C21H16ClN3O3S. The van der Waals surface area contributed by atoms with Crippen LogP contribution in [0.3, 0.4) is 0 Å². The highest BCUT2D eigenvalue weighted by Gasteiger charge is 2.17. The number of carbonyl (C=O) groups is 1. The summed E-state index contributed by atoms with van der Waals surface area (Å²) in [6.45, 7) is 1.86. The molecule has 0 aliphatic rings. The number of hydrogen-bond acceptors (Lipinski definition) is 4. The molecule has 0 fully saturated rings. The molecule has 0 aliphatic heterocycles. The van der Waals surface area contributed by atoms with Crippen LogP contribution in [-0.4, -0.2) is 14.3 Å². The third-order valence-electron chi connectivity index (χ3n) is 4.02. The average molecular weight is 426 g/mol. The van der Waals surface area contributed by atoms with E-state index in [1.807, 2.05) is 19.1 Å². The summed E-state index contributed by atoms with van der Waals surface area (Å²) < 4.78 is 27.8. The van der Waals surface area contributed by atoms with Gasteiger partial charge in [-0.05, 0) is 61.0 Å². The monoisotopic (exact) mass is 425 g/mol. The third kappa shape index (κ3) is 4.93. The minimum Gasteiger partial charge on any atom is -0.322 e. The molecule has 0 heterocycles. The first kappa shape index (κ1) is 20.4. The van der Waals surface area contributed by atoms with Crippen molar-refractivity contribution in [1.82, 2.24) is 0 Å². The van der Waals surface area contributed by atoms with E-state index in [-0.39, 0.29) is 21.0 Å². The number of carbonyl (C=O) groups excluding carboxylic acids is 1. The predicted molar refractivity (Wildman–Crippen MR) is 113 cm³/mol. The normalized spacial score (nSPS) is 10.8. The predicted octanol–water partition coefficient (Wildman–Crippen LogP) is 4.57. The zero-order valence-corrected chi connectivity index (χ0v) is 16.9. The number of sulfonamides is 1. The van der Waals surface area contributed by atoms with Crippen LogP contribution in [0, 0.1) is 18.3 Å². The Morgan fingerprint density at radius 2 is 1.76 bits per heavy atom. The van der Waals surface area contributed by atoms with Crippen molar-refractivity contribution in [1.29, 1.82) is 5.26 Å². The molecule has 0 aromatic heterocycles. The summed E-state index contributed by atoms with van der Waals surface area (Å²) in [5.74, 6) is -0.510. The van der Waals surface area contributed by atoms with E-state index in [2.05, 4.69) is 10.0 Å². The van der Waals surface area contributed by atoms with Crippen molar-refractivity contribution >= 4 is 38.9 Å². The number of halogens is 1. The number of hydrogen-bond donors (Lipinski definition) is 2. The van der Waals surface area contributed by atoms with Crippen LogP contribution in [0.4, 0.5) is 11.4 Å². The summed E-state index contributed by atoms with van der Waals surface area (Å²) in [5, 5.41) is 11.9. The Balaban J connectivity index is 1.83. The molecule has 0 radical (unpaired) electrons. The summed E-state index contributed by atoms with van der Waals surface area (Å²) >= 11 is 5.89. The number of anilines is 2. The van der Waals surface area contributed by atoms with Crippen LogP contribution in [0.25, 0.3) is 0 Å². The fourth-order valence-corrected chi connectivity index (χ4v) is 3.87. The fourth-order valence-electron chi connectivity index (χ4n) is 2.62. The highest BCUT2D eigenvalue weighted by Crippen LogP contribution is 2.21. The van der Waals surface area contributed by atoms with Crippen molar-refractivity contribution in [2.24, 2.45) is 0 Å². The molecule has 0 spiro atoms. The molecule has 146 valence electrons. The number of aryl methyl sites for hydroxylation is 1. The van der Waals surface area contributed by atoms with Crippen molar-refractivity contribution in [3.05, 3.63) is 88.4 Å². The second-order valence-corrected chi connectivity index (χ2v) is 8.35. The van der Waals surface area contributed by atoms with Crippen molar-refractivity contribution in [3.63, 3.8) is 0 Å². The Bertz CT molecular complexity index is 1230. The number of nitriles is 1. The summed E-state index contributed by atoms with van der Waals surface area (Å²) in [4.78, 5) is 12.5. The van der Waals surface area contributed by atoms with E-state index in [4.69, 9.17) is 16.9 Å². The van der Waals surface area contributed by atoms with Crippen molar-refractivity contribution in [2.45, 2.75) is 11.8 Å². The number of nitrogens with zero attached hydrogens (tertiary/aromatic N) is 1. The molecule has 3 rings (SSSR count). The molecule has 0 saturated heterocycles. The lowest BCUT2D eigenvalue weighted by Crippen LogP contribution is -2.16. The van der Waals surface area contributed by atoms with E-state index in [0.717, 1.165) is 5.56 Å². The minimum atomic E-state index is -3.87.